The summed E-state index contributed by atoms with van der Waals surface area (Å²) in [5, 5.41) is 4.20. The van der Waals surface area contributed by atoms with Crippen molar-refractivity contribution >= 4 is 27.5 Å². The summed E-state index contributed by atoms with van der Waals surface area (Å²) in [7, 11) is 1.80. The molecule has 2 aromatic rings. The number of hydrogen-bond donors (Lipinski definition) is 1. The molecule has 0 saturated carbocycles. The predicted octanol–water partition coefficient (Wildman–Crippen LogP) is 3.22. The van der Waals surface area contributed by atoms with E-state index in [1.54, 1.807) is 30.1 Å². The van der Waals surface area contributed by atoms with E-state index < -0.39 is 5.82 Å². The lowest BCUT2D eigenvalue weighted by Gasteiger charge is -2.14. The van der Waals surface area contributed by atoms with Gasteiger partial charge >= 0.3 is 0 Å². The monoisotopic (exact) mass is 331 g/mol. The van der Waals surface area contributed by atoms with Crippen LogP contribution in [0.2, 0.25) is 5.02 Å². The standard InChI is InChI=1S/C12H12BrClFN3/c1-18-12(8(13)6-17-18)10(16)5-7-3-2-4-9(14)11(7)15/h2-4,6,10H,5,16H2,1H3. The molecule has 0 fully saturated rings. The molecule has 0 amide bonds. The van der Waals surface area contributed by atoms with Crippen LogP contribution < -0.4 is 5.73 Å². The summed E-state index contributed by atoms with van der Waals surface area (Å²) in [5.74, 6) is -0.409. The highest BCUT2D eigenvalue weighted by Crippen LogP contribution is 2.26. The second-order valence-corrected chi connectivity index (χ2v) is 5.29. The first-order valence-corrected chi connectivity index (χ1v) is 6.53. The zero-order valence-electron chi connectivity index (χ0n) is 9.70. The SMILES string of the molecule is Cn1ncc(Br)c1C(N)Cc1cccc(Cl)c1F. The Bertz CT molecular complexity index is 551. The van der Waals surface area contributed by atoms with Crippen molar-refractivity contribution in [3.63, 3.8) is 0 Å². The lowest BCUT2D eigenvalue weighted by atomic mass is 10.0. The lowest BCUT2D eigenvalue weighted by Crippen LogP contribution is -2.18. The highest BCUT2D eigenvalue weighted by atomic mass is 79.9. The van der Waals surface area contributed by atoms with Gasteiger partial charge in [-0.1, -0.05) is 23.7 Å². The van der Waals surface area contributed by atoms with E-state index in [1.807, 2.05) is 0 Å². The number of halogens is 3. The molecular weight excluding hydrogens is 321 g/mol. The van der Waals surface area contributed by atoms with Gasteiger partial charge in [0, 0.05) is 7.05 Å². The Labute approximate surface area is 118 Å². The van der Waals surface area contributed by atoms with E-state index in [0.717, 1.165) is 10.2 Å². The van der Waals surface area contributed by atoms with Gasteiger partial charge in [-0.25, -0.2) is 4.39 Å². The van der Waals surface area contributed by atoms with Gasteiger partial charge in [0.05, 0.1) is 27.4 Å². The summed E-state index contributed by atoms with van der Waals surface area (Å²) in [6.45, 7) is 0. The van der Waals surface area contributed by atoms with Crippen LogP contribution >= 0.6 is 27.5 Å². The van der Waals surface area contributed by atoms with Crippen LogP contribution in [0, 0.1) is 5.82 Å². The first kappa shape index (κ1) is 13.5. The highest BCUT2D eigenvalue weighted by Gasteiger charge is 2.17. The number of hydrogen-bond acceptors (Lipinski definition) is 2. The van der Waals surface area contributed by atoms with Crippen LogP contribution in [0.3, 0.4) is 0 Å². The number of benzene rings is 1. The molecule has 1 heterocycles. The van der Waals surface area contributed by atoms with E-state index in [9.17, 15) is 4.39 Å². The van der Waals surface area contributed by atoms with E-state index >= 15 is 0 Å². The number of rotatable bonds is 3. The average molecular weight is 333 g/mol. The number of nitrogens with two attached hydrogens (primary N) is 1. The van der Waals surface area contributed by atoms with Crippen LogP contribution in [0.15, 0.2) is 28.9 Å². The van der Waals surface area contributed by atoms with Crippen molar-refractivity contribution in [3.05, 3.63) is 51.0 Å². The lowest BCUT2D eigenvalue weighted by molar-refractivity contribution is 0.573. The van der Waals surface area contributed by atoms with Gasteiger partial charge in [0.25, 0.3) is 0 Å². The molecule has 0 aliphatic carbocycles. The Morgan fingerprint density at radius 3 is 2.89 bits per heavy atom. The van der Waals surface area contributed by atoms with E-state index in [0.29, 0.717) is 12.0 Å². The molecule has 1 aromatic heterocycles. The molecular formula is C12H12BrClFN3. The molecule has 1 atom stereocenters. The molecule has 0 spiro atoms. The van der Waals surface area contributed by atoms with Gasteiger partial charge in [0.1, 0.15) is 5.82 Å². The minimum Gasteiger partial charge on any atom is -0.322 e. The summed E-state index contributed by atoms with van der Waals surface area (Å²) in [4.78, 5) is 0. The van der Waals surface area contributed by atoms with Gasteiger partial charge in [-0.15, -0.1) is 0 Å². The highest BCUT2D eigenvalue weighted by molar-refractivity contribution is 9.10. The zero-order valence-corrected chi connectivity index (χ0v) is 12.0. The van der Waals surface area contributed by atoms with Crippen molar-refractivity contribution in [3.8, 4) is 0 Å². The number of aryl methyl sites for hydroxylation is 1. The predicted molar refractivity (Wildman–Crippen MR) is 73.0 cm³/mol. The van der Waals surface area contributed by atoms with Crippen molar-refractivity contribution < 1.29 is 4.39 Å². The van der Waals surface area contributed by atoms with Gasteiger partial charge in [0.2, 0.25) is 0 Å². The van der Waals surface area contributed by atoms with Crippen LogP contribution in [0.1, 0.15) is 17.3 Å². The summed E-state index contributed by atoms with van der Waals surface area (Å²) in [6, 6.07) is 4.57. The fourth-order valence-corrected chi connectivity index (χ4v) is 2.71. The topological polar surface area (TPSA) is 43.8 Å². The molecule has 0 saturated heterocycles. The van der Waals surface area contributed by atoms with Crippen molar-refractivity contribution in [2.45, 2.75) is 12.5 Å². The van der Waals surface area contributed by atoms with Gasteiger partial charge in [-0.3, -0.25) is 4.68 Å². The molecule has 18 heavy (non-hydrogen) atoms. The van der Waals surface area contributed by atoms with Crippen LogP contribution in [0.5, 0.6) is 0 Å². The second kappa shape index (κ2) is 5.38. The maximum Gasteiger partial charge on any atom is 0.145 e. The first-order valence-electron chi connectivity index (χ1n) is 5.36. The van der Waals surface area contributed by atoms with E-state index in [4.69, 9.17) is 17.3 Å². The molecule has 6 heteroatoms. The van der Waals surface area contributed by atoms with Gasteiger partial charge in [-0.2, -0.15) is 5.10 Å². The molecule has 2 rings (SSSR count). The molecule has 0 aliphatic heterocycles. The Balaban J connectivity index is 2.27. The summed E-state index contributed by atoms with van der Waals surface area (Å²) < 4.78 is 16.3. The molecule has 3 nitrogen and oxygen atoms in total. The molecule has 1 unspecified atom stereocenters. The molecule has 1 aromatic carbocycles. The quantitative estimate of drug-likeness (QED) is 0.938. The van der Waals surface area contributed by atoms with E-state index in [-0.39, 0.29) is 11.1 Å². The minimum atomic E-state index is -0.409. The fraction of sp³-hybridized carbons (Fsp3) is 0.250. The Hall–Kier alpha value is -0.910. The Morgan fingerprint density at radius 1 is 1.56 bits per heavy atom. The Morgan fingerprint density at radius 2 is 2.28 bits per heavy atom. The van der Waals surface area contributed by atoms with Crippen molar-refractivity contribution in [2.24, 2.45) is 12.8 Å². The van der Waals surface area contributed by atoms with Gasteiger partial charge < -0.3 is 5.73 Å². The van der Waals surface area contributed by atoms with E-state index in [2.05, 4.69) is 21.0 Å². The molecule has 0 radical (unpaired) electrons. The van der Waals surface area contributed by atoms with Crippen molar-refractivity contribution in [1.29, 1.82) is 0 Å². The number of nitrogens with zero attached hydrogens (tertiary/aromatic N) is 2. The molecule has 96 valence electrons. The maximum absolute atomic E-state index is 13.8. The fourth-order valence-electron chi connectivity index (χ4n) is 1.88. The molecule has 0 aliphatic rings. The Kier molecular flexibility index (Phi) is 4.04. The summed E-state index contributed by atoms with van der Waals surface area (Å²) in [6.07, 6.45) is 2.04. The largest absolute Gasteiger partial charge is 0.322 e. The first-order chi connectivity index (χ1) is 8.50. The van der Waals surface area contributed by atoms with Gasteiger partial charge in [-0.05, 0) is 34.0 Å². The van der Waals surface area contributed by atoms with Gasteiger partial charge in [0.15, 0.2) is 0 Å². The number of aromatic nitrogens is 2. The second-order valence-electron chi connectivity index (χ2n) is 4.02. The minimum absolute atomic E-state index is 0.115. The summed E-state index contributed by atoms with van der Waals surface area (Å²) >= 11 is 9.12. The normalized spacial score (nSPS) is 12.7. The third-order valence-corrected chi connectivity index (χ3v) is 3.66. The summed E-state index contributed by atoms with van der Waals surface area (Å²) in [5.41, 5.74) is 7.42. The smallest absolute Gasteiger partial charge is 0.145 e. The maximum atomic E-state index is 13.8. The van der Waals surface area contributed by atoms with Crippen LogP contribution in [0.4, 0.5) is 4.39 Å². The van der Waals surface area contributed by atoms with Crippen LogP contribution in [-0.2, 0) is 13.5 Å². The van der Waals surface area contributed by atoms with Crippen molar-refractivity contribution in [2.75, 3.05) is 0 Å². The third kappa shape index (κ3) is 2.58. The molecule has 2 N–H and O–H groups in total. The zero-order chi connectivity index (χ0) is 13.3. The average Bonchev–Trinajstić information content (AvgIpc) is 2.65. The third-order valence-electron chi connectivity index (χ3n) is 2.76. The van der Waals surface area contributed by atoms with E-state index in [1.165, 1.54) is 6.07 Å². The van der Waals surface area contributed by atoms with Crippen LogP contribution in [-0.4, -0.2) is 9.78 Å². The molecule has 0 bridgehead atoms. The van der Waals surface area contributed by atoms with Crippen molar-refractivity contribution in [1.82, 2.24) is 9.78 Å². The van der Waals surface area contributed by atoms with Crippen LogP contribution in [0.25, 0.3) is 0 Å².